The van der Waals surface area contributed by atoms with Crippen molar-refractivity contribution >= 4 is 0 Å². The molecular weight excluding hydrogens is 220 g/mol. The van der Waals surface area contributed by atoms with Crippen molar-refractivity contribution in [2.45, 2.75) is 71.4 Å². The van der Waals surface area contributed by atoms with E-state index in [1.54, 1.807) is 0 Å². The van der Waals surface area contributed by atoms with Crippen molar-refractivity contribution in [1.82, 2.24) is 10.2 Å². The zero-order valence-corrected chi connectivity index (χ0v) is 12.6. The molecule has 1 N–H and O–H groups in total. The van der Waals surface area contributed by atoms with E-state index in [-0.39, 0.29) is 0 Å². The highest BCUT2D eigenvalue weighted by Gasteiger charge is 2.34. The van der Waals surface area contributed by atoms with Gasteiger partial charge in [-0.1, -0.05) is 33.6 Å². The highest BCUT2D eigenvalue weighted by Crippen LogP contribution is 2.35. The van der Waals surface area contributed by atoms with Crippen molar-refractivity contribution in [3.05, 3.63) is 0 Å². The van der Waals surface area contributed by atoms with Crippen LogP contribution in [0.25, 0.3) is 0 Å². The Bertz CT molecular complexity index is 237. The van der Waals surface area contributed by atoms with Gasteiger partial charge < -0.3 is 5.32 Å². The summed E-state index contributed by atoms with van der Waals surface area (Å²) >= 11 is 0. The summed E-state index contributed by atoms with van der Waals surface area (Å²) < 4.78 is 0. The van der Waals surface area contributed by atoms with Crippen LogP contribution >= 0.6 is 0 Å². The smallest absolute Gasteiger partial charge is 0.0217 e. The molecule has 1 aliphatic carbocycles. The fraction of sp³-hybridized carbons (Fsp3) is 1.00. The summed E-state index contributed by atoms with van der Waals surface area (Å²) in [5, 5.41) is 3.68. The zero-order valence-electron chi connectivity index (χ0n) is 12.6. The van der Waals surface area contributed by atoms with Crippen molar-refractivity contribution in [3.63, 3.8) is 0 Å². The van der Waals surface area contributed by atoms with Crippen molar-refractivity contribution < 1.29 is 0 Å². The first-order valence-corrected chi connectivity index (χ1v) is 8.19. The van der Waals surface area contributed by atoms with Gasteiger partial charge in [-0.05, 0) is 50.6 Å². The molecule has 1 heterocycles. The number of piperidine rings is 1. The lowest BCUT2D eigenvalue weighted by molar-refractivity contribution is 0.0485. The Morgan fingerprint density at radius 2 is 1.83 bits per heavy atom. The fourth-order valence-corrected chi connectivity index (χ4v) is 3.98. The maximum absolute atomic E-state index is 3.68. The van der Waals surface area contributed by atoms with Crippen molar-refractivity contribution in [3.8, 4) is 0 Å². The van der Waals surface area contributed by atoms with Gasteiger partial charge in [0.2, 0.25) is 0 Å². The summed E-state index contributed by atoms with van der Waals surface area (Å²) in [5.41, 5.74) is 0. The Hall–Kier alpha value is -0.0800. The molecule has 2 rings (SSSR count). The SMILES string of the molecule is CCNC(CN1CCCC2CCCCC21)C(C)C. The van der Waals surface area contributed by atoms with Crippen LogP contribution in [0.4, 0.5) is 0 Å². The molecule has 0 radical (unpaired) electrons. The minimum Gasteiger partial charge on any atom is -0.313 e. The molecule has 1 saturated carbocycles. The summed E-state index contributed by atoms with van der Waals surface area (Å²) in [6.45, 7) is 10.7. The van der Waals surface area contributed by atoms with E-state index in [0.29, 0.717) is 6.04 Å². The highest BCUT2D eigenvalue weighted by atomic mass is 15.2. The third-order valence-corrected chi connectivity index (χ3v) is 5.06. The van der Waals surface area contributed by atoms with Crippen LogP contribution in [0.15, 0.2) is 0 Å². The minimum absolute atomic E-state index is 0.677. The number of likely N-dealkylation sites (N-methyl/N-ethyl adjacent to an activating group) is 1. The molecule has 1 aliphatic heterocycles. The molecule has 0 bridgehead atoms. The first kappa shape index (κ1) is 14.3. The monoisotopic (exact) mass is 252 g/mol. The molecule has 2 fully saturated rings. The Morgan fingerprint density at radius 1 is 1.11 bits per heavy atom. The molecule has 3 unspecified atom stereocenters. The molecule has 106 valence electrons. The average Bonchev–Trinajstić information content (AvgIpc) is 2.38. The molecule has 2 nitrogen and oxygen atoms in total. The maximum Gasteiger partial charge on any atom is 0.0217 e. The lowest BCUT2D eigenvalue weighted by atomic mass is 9.78. The number of rotatable bonds is 5. The summed E-state index contributed by atoms with van der Waals surface area (Å²) in [6.07, 6.45) is 8.82. The van der Waals surface area contributed by atoms with E-state index in [0.717, 1.165) is 24.4 Å². The van der Waals surface area contributed by atoms with E-state index in [1.807, 2.05) is 0 Å². The average molecular weight is 252 g/mol. The number of nitrogens with one attached hydrogen (secondary N) is 1. The molecule has 0 spiro atoms. The largest absolute Gasteiger partial charge is 0.313 e. The van der Waals surface area contributed by atoms with Crippen molar-refractivity contribution in [1.29, 1.82) is 0 Å². The van der Waals surface area contributed by atoms with Gasteiger partial charge in [0.25, 0.3) is 0 Å². The van der Waals surface area contributed by atoms with Gasteiger partial charge >= 0.3 is 0 Å². The maximum atomic E-state index is 3.68. The lowest BCUT2D eigenvalue weighted by Crippen LogP contribution is -2.53. The van der Waals surface area contributed by atoms with Crippen LogP contribution in [0, 0.1) is 11.8 Å². The molecule has 2 aliphatic rings. The van der Waals surface area contributed by atoms with Crippen LogP contribution in [0.1, 0.15) is 59.3 Å². The third kappa shape index (κ3) is 3.48. The van der Waals surface area contributed by atoms with Gasteiger partial charge in [0.15, 0.2) is 0 Å². The fourth-order valence-electron chi connectivity index (χ4n) is 3.98. The van der Waals surface area contributed by atoms with Gasteiger partial charge in [0.05, 0.1) is 0 Å². The number of likely N-dealkylation sites (tertiary alicyclic amines) is 1. The van der Waals surface area contributed by atoms with Gasteiger partial charge in [-0.3, -0.25) is 4.90 Å². The second-order valence-corrected chi connectivity index (χ2v) is 6.66. The van der Waals surface area contributed by atoms with Crippen LogP contribution in [0.2, 0.25) is 0 Å². The topological polar surface area (TPSA) is 15.3 Å². The number of hydrogen-bond donors (Lipinski definition) is 1. The van der Waals surface area contributed by atoms with E-state index in [4.69, 9.17) is 0 Å². The molecule has 0 aromatic rings. The Labute approximate surface area is 114 Å². The normalized spacial score (nSPS) is 31.3. The predicted octanol–water partition coefficient (Wildman–Crippen LogP) is 3.28. The molecule has 0 amide bonds. The highest BCUT2D eigenvalue weighted by molar-refractivity contribution is 4.89. The van der Waals surface area contributed by atoms with Gasteiger partial charge in [-0.25, -0.2) is 0 Å². The molecule has 0 aromatic carbocycles. The quantitative estimate of drug-likeness (QED) is 0.808. The second-order valence-electron chi connectivity index (χ2n) is 6.66. The van der Waals surface area contributed by atoms with Crippen LogP contribution in [-0.2, 0) is 0 Å². The van der Waals surface area contributed by atoms with Gasteiger partial charge in [-0.2, -0.15) is 0 Å². The lowest BCUT2D eigenvalue weighted by Gasteiger charge is -2.45. The molecule has 2 heteroatoms. The van der Waals surface area contributed by atoms with Crippen LogP contribution in [0.5, 0.6) is 0 Å². The van der Waals surface area contributed by atoms with E-state index >= 15 is 0 Å². The number of hydrogen-bond acceptors (Lipinski definition) is 2. The Morgan fingerprint density at radius 3 is 2.56 bits per heavy atom. The predicted molar refractivity (Wildman–Crippen MR) is 78.9 cm³/mol. The first-order valence-electron chi connectivity index (χ1n) is 8.19. The number of nitrogens with zero attached hydrogens (tertiary/aromatic N) is 1. The van der Waals surface area contributed by atoms with Crippen molar-refractivity contribution in [2.24, 2.45) is 11.8 Å². The first-order chi connectivity index (χ1) is 8.72. The summed E-state index contributed by atoms with van der Waals surface area (Å²) in [7, 11) is 0. The van der Waals surface area contributed by atoms with Crippen molar-refractivity contribution in [2.75, 3.05) is 19.6 Å². The molecule has 0 aromatic heterocycles. The second kappa shape index (κ2) is 6.91. The standard InChI is InChI=1S/C16H32N2/c1-4-17-15(13(2)3)12-18-11-7-9-14-8-5-6-10-16(14)18/h13-17H,4-12H2,1-3H3. The Balaban J connectivity index is 1.93. The number of fused-ring (bicyclic) bond motifs is 1. The van der Waals surface area contributed by atoms with Crippen LogP contribution in [-0.4, -0.2) is 36.6 Å². The van der Waals surface area contributed by atoms with Gasteiger partial charge in [-0.15, -0.1) is 0 Å². The Kier molecular flexibility index (Phi) is 5.50. The molecule has 3 atom stereocenters. The van der Waals surface area contributed by atoms with E-state index in [9.17, 15) is 0 Å². The van der Waals surface area contributed by atoms with Crippen LogP contribution < -0.4 is 5.32 Å². The van der Waals surface area contributed by atoms with E-state index in [2.05, 4.69) is 31.0 Å². The summed E-state index contributed by atoms with van der Waals surface area (Å²) in [6, 6.07) is 1.59. The van der Waals surface area contributed by atoms with E-state index in [1.165, 1.54) is 51.6 Å². The molecular formula is C16H32N2. The van der Waals surface area contributed by atoms with Gasteiger partial charge in [0.1, 0.15) is 0 Å². The minimum atomic E-state index is 0.677. The molecule has 1 saturated heterocycles. The third-order valence-electron chi connectivity index (χ3n) is 5.06. The van der Waals surface area contributed by atoms with E-state index < -0.39 is 0 Å². The molecule has 18 heavy (non-hydrogen) atoms. The van der Waals surface area contributed by atoms with Gasteiger partial charge in [0, 0.05) is 18.6 Å². The summed E-state index contributed by atoms with van der Waals surface area (Å²) in [5.74, 6) is 1.76. The summed E-state index contributed by atoms with van der Waals surface area (Å²) in [4.78, 5) is 2.82. The zero-order chi connectivity index (χ0) is 13.0. The van der Waals surface area contributed by atoms with Crippen LogP contribution in [0.3, 0.4) is 0 Å².